The van der Waals surface area contributed by atoms with Crippen LogP contribution in [0, 0.1) is 0 Å². The van der Waals surface area contributed by atoms with Crippen LogP contribution in [0.15, 0.2) is 54.6 Å². The number of benzene rings is 2. The Balaban J connectivity index is 1.96. The third-order valence-electron chi connectivity index (χ3n) is 3.30. The summed E-state index contributed by atoms with van der Waals surface area (Å²) in [4.78, 5) is 11.5. The SMILES string of the molecule is COC(=O)C(C)c1ccc(NCc2ccccc2)cc1. The summed E-state index contributed by atoms with van der Waals surface area (Å²) in [6.07, 6.45) is 0. The maximum Gasteiger partial charge on any atom is 0.312 e. The highest BCUT2D eigenvalue weighted by Crippen LogP contribution is 2.19. The molecule has 0 heterocycles. The lowest BCUT2D eigenvalue weighted by atomic mass is 10.0. The average molecular weight is 269 g/mol. The smallest absolute Gasteiger partial charge is 0.312 e. The Labute approximate surface area is 119 Å². The second-order valence-corrected chi connectivity index (χ2v) is 4.71. The first-order chi connectivity index (χ1) is 9.70. The second kappa shape index (κ2) is 6.75. The Morgan fingerprint density at radius 2 is 1.75 bits per heavy atom. The van der Waals surface area contributed by atoms with Crippen LogP contribution in [0.2, 0.25) is 0 Å². The minimum absolute atomic E-state index is 0.213. The molecule has 1 unspecified atom stereocenters. The highest BCUT2D eigenvalue weighted by molar-refractivity contribution is 5.77. The van der Waals surface area contributed by atoms with E-state index >= 15 is 0 Å². The number of methoxy groups -OCH3 is 1. The van der Waals surface area contributed by atoms with Crippen molar-refractivity contribution in [2.45, 2.75) is 19.4 Å². The lowest BCUT2D eigenvalue weighted by Crippen LogP contribution is -2.10. The fourth-order valence-electron chi connectivity index (χ4n) is 2.00. The third kappa shape index (κ3) is 3.60. The van der Waals surface area contributed by atoms with E-state index in [2.05, 4.69) is 17.4 Å². The Kier molecular flexibility index (Phi) is 4.77. The molecule has 104 valence electrons. The van der Waals surface area contributed by atoms with E-state index in [9.17, 15) is 4.79 Å². The van der Waals surface area contributed by atoms with E-state index in [0.29, 0.717) is 0 Å². The first-order valence-electron chi connectivity index (χ1n) is 6.66. The maximum atomic E-state index is 11.5. The van der Waals surface area contributed by atoms with Gasteiger partial charge in [-0.15, -0.1) is 0 Å². The van der Waals surface area contributed by atoms with E-state index in [1.165, 1.54) is 12.7 Å². The molecule has 0 aromatic heterocycles. The van der Waals surface area contributed by atoms with Crippen LogP contribution >= 0.6 is 0 Å². The van der Waals surface area contributed by atoms with Crippen molar-refractivity contribution in [3.63, 3.8) is 0 Å². The molecule has 20 heavy (non-hydrogen) atoms. The van der Waals surface area contributed by atoms with Crippen LogP contribution < -0.4 is 5.32 Å². The predicted molar refractivity (Wildman–Crippen MR) is 80.6 cm³/mol. The van der Waals surface area contributed by atoms with Gasteiger partial charge in [0.25, 0.3) is 0 Å². The Hall–Kier alpha value is -2.29. The van der Waals surface area contributed by atoms with Crippen molar-refractivity contribution in [3.05, 3.63) is 65.7 Å². The van der Waals surface area contributed by atoms with E-state index in [1.54, 1.807) is 0 Å². The molecule has 0 aliphatic carbocycles. The summed E-state index contributed by atoms with van der Waals surface area (Å²) in [5.41, 5.74) is 3.23. The van der Waals surface area contributed by atoms with Crippen LogP contribution in [0.1, 0.15) is 24.0 Å². The molecular weight excluding hydrogens is 250 g/mol. The molecule has 0 spiro atoms. The highest BCUT2D eigenvalue weighted by atomic mass is 16.5. The third-order valence-corrected chi connectivity index (χ3v) is 3.30. The van der Waals surface area contributed by atoms with E-state index in [1.807, 2.05) is 49.4 Å². The zero-order chi connectivity index (χ0) is 14.4. The summed E-state index contributed by atoms with van der Waals surface area (Å²) in [7, 11) is 1.41. The summed E-state index contributed by atoms with van der Waals surface area (Å²) >= 11 is 0. The van der Waals surface area contributed by atoms with Crippen molar-refractivity contribution >= 4 is 11.7 Å². The van der Waals surface area contributed by atoms with Crippen LogP contribution in [0.5, 0.6) is 0 Å². The fraction of sp³-hybridized carbons (Fsp3) is 0.235. The Morgan fingerprint density at radius 3 is 2.35 bits per heavy atom. The van der Waals surface area contributed by atoms with Gasteiger partial charge in [0.2, 0.25) is 0 Å². The number of hydrogen-bond donors (Lipinski definition) is 1. The minimum Gasteiger partial charge on any atom is -0.469 e. The summed E-state index contributed by atoms with van der Waals surface area (Å²) < 4.78 is 4.75. The molecule has 1 N–H and O–H groups in total. The van der Waals surface area contributed by atoms with Crippen molar-refractivity contribution in [2.75, 3.05) is 12.4 Å². The number of anilines is 1. The van der Waals surface area contributed by atoms with Gasteiger partial charge in [-0.2, -0.15) is 0 Å². The van der Waals surface area contributed by atoms with Gasteiger partial charge >= 0.3 is 5.97 Å². The molecule has 0 aliphatic heterocycles. The van der Waals surface area contributed by atoms with Crippen molar-refractivity contribution in [3.8, 4) is 0 Å². The van der Waals surface area contributed by atoms with E-state index in [0.717, 1.165) is 17.8 Å². The molecular formula is C17H19NO2. The van der Waals surface area contributed by atoms with Crippen molar-refractivity contribution in [1.82, 2.24) is 0 Å². The Bertz CT molecular complexity index is 549. The van der Waals surface area contributed by atoms with Crippen molar-refractivity contribution in [1.29, 1.82) is 0 Å². The van der Waals surface area contributed by atoms with Crippen molar-refractivity contribution < 1.29 is 9.53 Å². The first-order valence-corrected chi connectivity index (χ1v) is 6.66. The topological polar surface area (TPSA) is 38.3 Å². The van der Waals surface area contributed by atoms with Gasteiger partial charge in [-0.25, -0.2) is 0 Å². The van der Waals surface area contributed by atoms with Gasteiger partial charge in [0.15, 0.2) is 0 Å². The van der Waals surface area contributed by atoms with Gasteiger partial charge in [0.05, 0.1) is 13.0 Å². The Morgan fingerprint density at radius 1 is 1.10 bits per heavy atom. The van der Waals surface area contributed by atoms with Gasteiger partial charge in [-0.05, 0) is 30.2 Å². The zero-order valence-electron chi connectivity index (χ0n) is 11.8. The fourth-order valence-corrected chi connectivity index (χ4v) is 2.00. The molecule has 3 nitrogen and oxygen atoms in total. The van der Waals surface area contributed by atoms with Gasteiger partial charge in [0, 0.05) is 12.2 Å². The molecule has 0 saturated carbocycles. The summed E-state index contributed by atoms with van der Waals surface area (Å²) in [6.45, 7) is 2.63. The minimum atomic E-state index is -0.233. The standard InChI is InChI=1S/C17H19NO2/c1-13(17(19)20-2)15-8-10-16(11-9-15)18-12-14-6-4-3-5-7-14/h3-11,13,18H,12H2,1-2H3. The van der Waals surface area contributed by atoms with Crippen LogP contribution in [-0.4, -0.2) is 13.1 Å². The van der Waals surface area contributed by atoms with Crippen LogP contribution in [0.25, 0.3) is 0 Å². The number of esters is 1. The monoisotopic (exact) mass is 269 g/mol. The van der Waals surface area contributed by atoms with Gasteiger partial charge in [-0.1, -0.05) is 42.5 Å². The highest BCUT2D eigenvalue weighted by Gasteiger charge is 2.14. The average Bonchev–Trinajstić information content (AvgIpc) is 2.53. The number of rotatable bonds is 5. The quantitative estimate of drug-likeness (QED) is 0.843. The van der Waals surface area contributed by atoms with E-state index in [-0.39, 0.29) is 11.9 Å². The number of nitrogens with one attached hydrogen (secondary N) is 1. The van der Waals surface area contributed by atoms with Gasteiger partial charge in [-0.3, -0.25) is 4.79 Å². The number of carbonyl (C=O) groups excluding carboxylic acids is 1. The van der Waals surface area contributed by atoms with Crippen molar-refractivity contribution in [2.24, 2.45) is 0 Å². The molecule has 1 atom stereocenters. The predicted octanol–water partition coefficient (Wildman–Crippen LogP) is 3.58. The van der Waals surface area contributed by atoms with Gasteiger partial charge < -0.3 is 10.1 Å². The summed E-state index contributed by atoms with van der Waals surface area (Å²) in [5.74, 6) is -0.446. The molecule has 0 aliphatic rings. The van der Waals surface area contributed by atoms with Crippen LogP contribution in [0.3, 0.4) is 0 Å². The molecule has 0 fully saturated rings. The molecule has 3 heteroatoms. The number of carbonyl (C=O) groups is 1. The normalized spacial score (nSPS) is 11.7. The van der Waals surface area contributed by atoms with Crippen LogP contribution in [0.4, 0.5) is 5.69 Å². The lowest BCUT2D eigenvalue weighted by molar-refractivity contribution is -0.141. The molecule has 0 radical (unpaired) electrons. The van der Waals surface area contributed by atoms with Gasteiger partial charge in [0.1, 0.15) is 0 Å². The molecule has 2 rings (SSSR count). The second-order valence-electron chi connectivity index (χ2n) is 4.71. The van der Waals surface area contributed by atoms with Crippen LogP contribution in [-0.2, 0) is 16.1 Å². The zero-order valence-corrected chi connectivity index (χ0v) is 11.8. The summed E-state index contributed by atoms with van der Waals surface area (Å²) in [6, 6.07) is 18.1. The van der Waals surface area contributed by atoms with E-state index in [4.69, 9.17) is 4.74 Å². The maximum absolute atomic E-state index is 11.5. The molecule has 2 aromatic rings. The molecule has 0 saturated heterocycles. The van der Waals surface area contributed by atoms with E-state index < -0.39 is 0 Å². The number of hydrogen-bond acceptors (Lipinski definition) is 3. The largest absolute Gasteiger partial charge is 0.469 e. The molecule has 2 aromatic carbocycles. The molecule has 0 bridgehead atoms. The first kappa shape index (κ1) is 14.1. The summed E-state index contributed by atoms with van der Waals surface area (Å²) in [5, 5.41) is 3.35. The number of ether oxygens (including phenoxy) is 1. The molecule has 0 amide bonds. The lowest BCUT2D eigenvalue weighted by Gasteiger charge is -2.11.